The van der Waals surface area contributed by atoms with Gasteiger partial charge in [-0.3, -0.25) is 14.5 Å². The van der Waals surface area contributed by atoms with Gasteiger partial charge in [0.05, 0.1) is 15.7 Å². The summed E-state index contributed by atoms with van der Waals surface area (Å²) in [5, 5.41) is 3.27. The quantitative estimate of drug-likeness (QED) is 0.528. The molecule has 0 fully saturated rings. The van der Waals surface area contributed by atoms with Gasteiger partial charge in [0.25, 0.3) is 0 Å². The monoisotopic (exact) mass is 480 g/mol. The maximum atomic E-state index is 12.5. The molecule has 0 radical (unpaired) electrons. The molecule has 0 amide bonds. The number of sulfonamides is 1. The predicted octanol–water partition coefficient (Wildman–Crippen LogP) is 4.08. The number of nitrogens with zero attached hydrogens (tertiary/aromatic N) is 3. The van der Waals surface area contributed by atoms with Crippen molar-refractivity contribution in [1.82, 2.24) is 15.1 Å². The van der Waals surface area contributed by atoms with E-state index in [2.05, 4.69) is 24.4 Å². The van der Waals surface area contributed by atoms with Gasteiger partial charge in [-0.15, -0.1) is 0 Å². The minimum atomic E-state index is -4.81. The lowest BCUT2D eigenvalue weighted by Gasteiger charge is -2.10. The van der Waals surface area contributed by atoms with Crippen molar-refractivity contribution in [2.24, 2.45) is 0 Å². The highest BCUT2D eigenvalue weighted by Crippen LogP contribution is 2.31. The molecule has 8 nitrogen and oxygen atoms in total. The standard InChI is InChI=1S/C16H9Cl2F3N4O4S/c17-9-2-1-3-10(18)13(9)25-30(27,28)7-12(26)11-5-4-8(6-22-11)14-23-15(29-24-14)16(19,20)21/h1-6,25H,7H2. The zero-order valence-electron chi connectivity index (χ0n) is 14.4. The molecule has 30 heavy (non-hydrogen) atoms. The van der Waals surface area contributed by atoms with E-state index in [1.165, 1.54) is 24.3 Å². The van der Waals surface area contributed by atoms with Gasteiger partial charge in [0.15, 0.2) is 5.78 Å². The molecule has 0 saturated carbocycles. The van der Waals surface area contributed by atoms with Crippen LogP contribution in [0.2, 0.25) is 10.0 Å². The molecule has 1 aromatic carbocycles. The first-order chi connectivity index (χ1) is 14.0. The molecule has 158 valence electrons. The zero-order valence-corrected chi connectivity index (χ0v) is 16.8. The molecule has 14 heteroatoms. The average Bonchev–Trinajstić information content (AvgIpc) is 3.15. The summed E-state index contributed by atoms with van der Waals surface area (Å²) >= 11 is 11.8. The third-order valence-corrected chi connectivity index (χ3v) is 5.30. The van der Waals surface area contributed by atoms with Crippen molar-refractivity contribution in [3.8, 4) is 11.4 Å². The summed E-state index contributed by atoms with van der Waals surface area (Å²) in [5.41, 5.74) is -0.280. The van der Waals surface area contributed by atoms with E-state index >= 15 is 0 Å². The molecular formula is C16H9Cl2F3N4O4S. The SMILES string of the molecule is O=C(CS(=O)(=O)Nc1c(Cl)cccc1Cl)c1ccc(-c2noc(C(F)(F)F)n2)cn1. The molecule has 3 aromatic rings. The molecule has 0 bridgehead atoms. The first kappa shape index (κ1) is 22.0. The second-order valence-electron chi connectivity index (χ2n) is 5.73. The van der Waals surface area contributed by atoms with E-state index in [1.54, 1.807) is 0 Å². The fourth-order valence-corrected chi connectivity index (χ4v) is 3.88. The highest BCUT2D eigenvalue weighted by Gasteiger charge is 2.38. The van der Waals surface area contributed by atoms with Crippen LogP contribution in [0.1, 0.15) is 16.4 Å². The minimum Gasteiger partial charge on any atom is -0.329 e. The summed E-state index contributed by atoms with van der Waals surface area (Å²) in [4.78, 5) is 19.2. The number of anilines is 1. The lowest BCUT2D eigenvalue weighted by atomic mass is 10.2. The van der Waals surface area contributed by atoms with Gasteiger partial charge >= 0.3 is 12.1 Å². The van der Waals surface area contributed by atoms with Crippen LogP contribution >= 0.6 is 23.2 Å². The Morgan fingerprint density at radius 1 is 1.13 bits per heavy atom. The van der Waals surface area contributed by atoms with Crippen LogP contribution in [0.3, 0.4) is 0 Å². The van der Waals surface area contributed by atoms with E-state index in [0.717, 1.165) is 12.3 Å². The molecule has 0 unspecified atom stereocenters. The number of hydrogen-bond donors (Lipinski definition) is 1. The number of Topliss-reactive ketones (excluding diaryl/α,β-unsaturated/α-hetero) is 1. The topological polar surface area (TPSA) is 115 Å². The van der Waals surface area contributed by atoms with Crippen molar-refractivity contribution in [1.29, 1.82) is 0 Å². The molecule has 1 N–H and O–H groups in total. The van der Waals surface area contributed by atoms with Crippen LogP contribution in [0.25, 0.3) is 11.4 Å². The lowest BCUT2D eigenvalue weighted by molar-refractivity contribution is -0.159. The van der Waals surface area contributed by atoms with Crippen molar-refractivity contribution in [2.45, 2.75) is 6.18 Å². The van der Waals surface area contributed by atoms with Crippen LogP contribution in [0.15, 0.2) is 41.1 Å². The number of benzene rings is 1. The normalized spacial score (nSPS) is 12.0. The molecule has 0 saturated heterocycles. The Hall–Kier alpha value is -2.70. The summed E-state index contributed by atoms with van der Waals surface area (Å²) < 4.78 is 68.3. The summed E-state index contributed by atoms with van der Waals surface area (Å²) in [7, 11) is -4.18. The largest absolute Gasteiger partial charge is 0.471 e. The molecule has 0 aliphatic rings. The molecule has 0 spiro atoms. The smallest absolute Gasteiger partial charge is 0.329 e. The Bertz CT molecular complexity index is 1180. The number of carbonyl (C=O) groups is 1. The van der Waals surface area contributed by atoms with Gasteiger partial charge in [-0.05, 0) is 24.3 Å². The number of pyridine rings is 1. The van der Waals surface area contributed by atoms with Crippen molar-refractivity contribution >= 4 is 44.7 Å². The number of rotatable bonds is 6. The number of carbonyl (C=O) groups excluding carboxylic acids is 1. The van der Waals surface area contributed by atoms with Gasteiger partial charge in [0.2, 0.25) is 15.8 Å². The fraction of sp³-hybridized carbons (Fsp3) is 0.125. The van der Waals surface area contributed by atoms with Crippen LogP contribution in [-0.2, 0) is 16.2 Å². The summed E-state index contributed by atoms with van der Waals surface area (Å²) in [5.74, 6) is -3.77. The van der Waals surface area contributed by atoms with Gasteiger partial charge in [-0.1, -0.05) is 34.4 Å². The maximum Gasteiger partial charge on any atom is 0.471 e. The minimum absolute atomic E-state index is 0.0367. The van der Waals surface area contributed by atoms with Gasteiger partial charge < -0.3 is 4.52 Å². The van der Waals surface area contributed by atoms with E-state index < -0.39 is 39.5 Å². The molecule has 0 aliphatic heterocycles. The van der Waals surface area contributed by atoms with Gasteiger partial charge in [0, 0.05) is 11.8 Å². The van der Waals surface area contributed by atoms with Crippen LogP contribution in [0.4, 0.5) is 18.9 Å². The Balaban J connectivity index is 1.73. The van der Waals surface area contributed by atoms with E-state index in [4.69, 9.17) is 23.2 Å². The van der Waals surface area contributed by atoms with Gasteiger partial charge in [0.1, 0.15) is 11.4 Å². The third-order valence-electron chi connectivity index (χ3n) is 3.52. The molecule has 2 heterocycles. The Labute approximate surface area is 177 Å². The number of aromatic nitrogens is 3. The van der Waals surface area contributed by atoms with Crippen molar-refractivity contribution < 1.29 is 30.9 Å². The highest BCUT2D eigenvalue weighted by molar-refractivity contribution is 7.93. The number of hydrogen-bond acceptors (Lipinski definition) is 7. The number of nitrogens with one attached hydrogen (secondary N) is 1. The first-order valence-electron chi connectivity index (χ1n) is 7.81. The van der Waals surface area contributed by atoms with E-state index in [0.29, 0.717) is 0 Å². The summed E-state index contributed by atoms with van der Waals surface area (Å²) in [6, 6.07) is 6.67. The summed E-state index contributed by atoms with van der Waals surface area (Å²) in [6.07, 6.45) is -3.79. The zero-order chi connectivity index (χ0) is 22.1. The van der Waals surface area contributed by atoms with Crippen LogP contribution in [0.5, 0.6) is 0 Å². The van der Waals surface area contributed by atoms with E-state index in [9.17, 15) is 26.4 Å². The third kappa shape index (κ3) is 5.07. The first-order valence-corrected chi connectivity index (χ1v) is 10.2. The van der Waals surface area contributed by atoms with Gasteiger partial charge in [-0.25, -0.2) is 8.42 Å². The molecule has 0 aliphatic carbocycles. The van der Waals surface area contributed by atoms with Crippen LogP contribution < -0.4 is 4.72 Å². The van der Waals surface area contributed by atoms with Crippen molar-refractivity contribution in [3.63, 3.8) is 0 Å². The molecule has 3 rings (SSSR count). The molecule has 2 aromatic heterocycles. The van der Waals surface area contributed by atoms with E-state index in [1.807, 2.05) is 0 Å². The van der Waals surface area contributed by atoms with Gasteiger partial charge in [-0.2, -0.15) is 18.2 Å². The second-order valence-corrected chi connectivity index (χ2v) is 8.27. The number of para-hydroxylation sites is 1. The number of ketones is 1. The predicted molar refractivity (Wildman–Crippen MR) is 101 cm³/mol. The van der Waals surface area contributed by atoms with Crippen molar-refractivity contribution in [2.75, 3.05) is 10.5 Å². The Morgan fingerprint density at radius 2 is 1.80 bits per heavy atom. The number of halogens is 5. The molecular weight excluding hydrogens is 472 g/mol. The average molecular weight is 481 g/mol. The fourth-order valence-electron chi connectivity index (χ4n) is 2.18. The Morgan fingerprint density at radius 3 is 2.33 bits per heavy atom. The van der Waals surface area contributed by atoms with E-state index in [-0.39, 0.29) is 27.0 Å². The second kappa shape index (κ2) is 8.20. The molecule has 0 atom stereocenters. The van der Waals surface area contributed by atoms with Crippen LogP contribution in [-0.4, -0.2) is 35.1 Å². The highest BCUT2D eigenvalue weighted by atomic mass is 35.5. The lowest BCUT2D eigenvalue weighted by Crippen LogP contribution is -2.23. The maximum absolute atomic E-state index is 12.5. The van der Waals surface area contributed by atoms with Crippen molar-refractivity contribution in [3.05, 3.63) is 58.2 Å². The Kier molecular flexibility index (Phi) is 6.01. The number of alkyl halides is 3. The van der Waals surface area contributed by atoms with Crippen LogP contribution in [0, 0.1) is 0 Å². The summed E-state index contributed by atoms with van der Waals surface area (Å²) in [6.45, 7) is 0.